The van der Waals surface area contributed by atoms with Crippen molar-refractivity contribution in [3.05, 3.63) is 29.3 Å². The second-order valence-corrected chi connectivity index (χ2v) is 4.40. The Hall–Kier alpha value is -1.35. The summed E-state index contributed by atoms with van der Waals surface area (Å²) in [4.78, 5) is 11.3. The molecule has 1 aliphatic carbocycles. The number of aliphatic hydroxyl groups excluding tert-OH is 1. The van der Waals surface area contributed by atoms with Gasteiger partial charge in [0.25, 0.3) is 0 Å². The molecule has 0 amide bonds. The number of aliphatic hydroxyl groups is 1. The minimum absolute atomic E-state index is 0.191. The largest absolute Gasteiger partial charge is 0.426 e. The third-order valence-corrected chi connectivity index (χ3v) is 3.34. The highest BCUT2D eigenvalue weighted by atomic mass is 16.5. The van der Waals surface area contributed by atoms with Crippen molar-refractivity contribution in [2.24, 2.45) is 0 Å². The summed E-state index contributed by atoms with van der Waals surface area (Å²) in [6.45, 7) is 2.00. The van der Waals surface area contributed by atoms with Gasteiger partial charge >= 0.3 is 5.97 Å². The van der Waals surface area contributed by atoms with Gasteiger partial charge in [-0.3, -0.25) is 4.79 Å². The maximum Gasteiger partial charge on any atom is 0.310 e. The maximum absolute atomic E-state index is 11.3. The average Bonchev–Trinajstić information content (AvgIpc) is 2.74. The van der Waals surface area contributed by atoms with Crippen LogP contribution in [0.3, 0.4) is 0 Å². The number of benzene rings is 1. The van der Waals surface area contributed by atoms with Crippen LogP contribution < -0.4 is 4.74 Å². The second-order valence-electron chi connectivity index (χ2n) is 4.40. The number of carbonyl (C=O) groups is 1. The molecule has 3 heteroatoms. The lowest BCUT2D eigenvalue weighted by Gasteiger charge is -2.11. The number of carbonyl (C=O) groups excluding carboxylic acids is 1. The van der Waals surface area contributed by atoms with Crippen LogP contribution >= 0.6 is 0 Å². The highest BCUT2D eigenvalue weighted by Gasteiger charge is 2.25. The predicted molar refractivity (Wildman–Crippen MR) is 65.1 cm³/mol. The van der Waals surface area contributed by atoms with Crippen LogP contribution in [0.25, 0.3) is 0 Å². The topological polar surface area (TPSA) is 46.5 Å². The molecule has 3 nitrogen and oxygen atoms in total. The third kappa shape index (κ3) is 2.50. The van der Waals surface area contributed by atoms with Crippen molar-refractivity contribution in [2.75, 3.05) is 6.61 Å². The van der Waals surface area contributed by atoms with Gasteiger partial charge in [-0.25, -0.2) is 0 Å². The van der Waals surface area contributed by atoms with Crippen LogP contribution in [0.1, 0.15) is 43.2 Å². The van der Waals surface area contributed by atoms with Gasteiger partial charge in [0.1, 0.15) is 5.75 Å². The van der Waals surface area contributed by atoms with Crippen molar-refractivity contribution in [3.8, 4) is 5.75 Å². The minimum Gasteiger partial charge on any atom is -0.426 e. The van der Waals surface area contributed by atoms with Crippen LogP contribution in [0.2, 0.25) is 0 Å². The molecule has 1 aliphatic rings. The monoisotopic (exact) mass is 234 g/mol. The molecule has 0 heterocycles. The molecule has 1 atom stereocenters. The van der Waals surface area contributed by atoms with E-state index in [4.69, 9.17) is 9.84 Å². The zero-order valence-electron chi connectivity index (χ0n) is 10.1. The van der Waals surface area contributed by atoms with E-state index >= 15 is 0 Å². The Morgan fingerprint density at radius 2 is 2.35 bits per heavy atom. The van der Waals surface area contributed by atoms with E-state index in [1.165, 1.54) is 5.56 Å². The molecule has 0 fully saturated rings. The lowest BCUT2D eigenvalue weighted by molar-refractivity contribution is -0.134. The van der Waals surface area contributed by atoms with E-state index in [9.17, 15) is 4.79 Å². The predicted octanol–water partition coefficient (Wildman–Crippen LogP) is 2.41. The fourth-order valence-corrected chi connectivity index (χ4v) is 2.45. The Morgan fingerprint density at radius 1 is 1.53 bits per heavy atom. The Bertz CT molecular complexity index is 412. The molecule has 0 bridgehead atoms. The van der Waals surface area contributed by atoms with E-state index < -0.39 is 0 Å². The van der Waals surface area contributed by atoms with Crippen LogP contribution in [0.5, 0.6) is 5.75 Å². The Morgan fingerprint density at radius 3 is 3.06 bits per heavy atom. The highest BCUT2D eigenvalue weighted by molar-refractivity contribution is 5.72. The quantitative estimate of drug-likeness (QED) is 0.643. The molecular weight excluding hydrogens is 216 g/mol. The smallest absolute Gasteiger partial charge is 0.310 e. The Balaban J connectivity index is 2.23. The van der Waals surface area contributed by atoms with E-state index in [2.05, 4.69) is 6.07 Å². The summed E-state index contributed by atoms with van der Waals surface area (Å²) in [7, 11) is 0. The van der Waals surface area contributed by atoms with Gasteiger partial charge in [-0.2, -0.15) is 0 Å². The van der Waals surface area contributed by atoms with Gasteiger partial charge in [-0.1, -0.05) is 19.1 Å². The minimum atomic E-state index is -0.191. The summed E-state index contributed by atoms with van der Waals surface area (Å²) in [5, 5.41) is 9.02. The molecule has 92 valence electrons. The lowest BCUT2D eigenvalue weighted by Crippen LogP contribution is -2.07. The van der Waals surface area contributed by atoms with E-state index in [1.807, 2.05) is 12.1 Å². The Kier molecular flexibility index (Phi) is 3.79. The van der Waals surface area contributed by atoms with Crippen molar-refractivity contribution in [3.63, 3.8) is 0 Å². The molecular formula is C14H18O3. The summed E-state index contributed by atoms with van der Waals surface area (Å²) in [6.07, 6.45) is 3.16. The standard InChI is InChI=1S/C14H18O3/c1-2-14(16)17-13-5-3-4-11-10(8-9-15)6-7-12(11)13/h3-5,10,15H,2,6-9H2,1H3. The summed E-state index contributed by atoms with van der Waals surface area (Å²) in [5.74, 6) is 0.925. The lowest BCUT2D eigenvalue weighted by atomic mass is 9.98. The number of hydrogen-bond acceptors (Lipinski definition) is 3. The van der Waals surface area contributed by atoms with Crippen molar-refractivity contribution in [1.82, 2.24) is 0 Å². The number of fused-ring (bicyclic) bond motifs is 1. The molecule has 0 aliphatic heterocycles. The van der Waals surface area contributed by atoms with E-state index in [1.54, 1.807) is 6.92 Å². The van der Waals surface area contributed by atoms with Crippen LogP contribution in [-0.4, -0.2) is 17.7 Å². The van der Waals surface area contributed by atoms with Crippen LogP contribution in [0.4, 0.5) is 0 Å². The van der Waals surface area contributed by atoms with E-state index in [0.717, 1.165) is 24.8 Å². The summed E-state index contributed by atoms with van der Waals surface area (Å²) >= 11 is 0. The van der Waals surface area contributed by atoms with Crippen LogP contribution in [0.15, 0.2) is 18.2 Å². The zero-order chi connectivity index (χ0) is 12.3. The van der Waals surface area contributed by atoms with E-state index in [0.29, 0.717) is 18.1 Å². The molecule has 1 unspecified atom stereocenters. The number of rotatable bonds is 4. The van der Waals surface area contributed by atoms with Gasteiger partial charge in [0.2, 0.25) is 0 Å². The summed E-state index contributed by atoms with van der Waals surface area (Å²) < 4.78 is 5.33. The average molecular weight is 234 g/mol. The number of esters is 1. The molecule has 0 saturated heterocycles. The first-order chi connectivity index (χ1) is 8.26. The zero-order valence-corrected chi connectivity index (χ0v) is 10.1. The first-order valence-corrected chi connectivity index (χ1v) is 6.19. The summed E-state index contributed by atoms with van der Waals surface area (Å²) in [5.41, 5.74) is 2.38. The summed E-state index contributed by atoms with van der Waals surface area (Å²) in [6, 6.07) is 5.85. The van der Waals surface area contributed by atoms with Crippen LogP contribution in [-0.2, 0) is 11.2 Å². The highest BCUT2D eigenvalue weighted by Crippen LogP contribution is 2.39. The SMILES string of the molecule is CCC(=O)Oc1cccc2c1CCC2CCO. The van der Waals surface area contributed by atoms with Crippen molar-refractivity contribution in [1.29, 1.82) is 0 Å². The normalized spacial score (nSPS) is 17.9. The second kappa shape index (κ2) is 5.32. The third-order valence-electron chi connectivity index (χ3n) is 3.34. The first-order valence-electron chi connectivity index (χ1n) is 6.19. The van der Waals surface area contributed by atoms with Gasteiger partial charge < -0.3 is 9.84 Å². The molecule has 2 rings (SSSR count). The number of ether oxygens (including phenoxy) is 1. The van der Waals surface area contributed by atoms with Gasteiger partial charge in [-0.05, 0) is 42.4 Å². The molecule has 0 saturated carbocycles. The van der Waals surface area contributed by atoms with Gasteiger partial charge in [-0.15, -0.1) is 0 Å². The molecule has 1 N–H and O–H groups in total. The number of hydrogen-bond donors (Lipinski definition) is 1. The van der Waals surface area contributed by atoms with Crippen LogP contribution in [0, 0.1) is 0 Å². The molecule has 0 spiro atoms. The van der Waals surface area contributed by atoms with Crippen molar-refractivity contribution >= 4 is 5.97 Å². The molecule has 0 radical (unpaired) electrons. The van der Waals surface area contributed by atoms with Gasteiger partial charge in [0, 0.05) is 13.0 Å². The van der Waals surface area contributed by atoms with Crippen molar-refractivity contribution < 1.29 is 14.6 Å². The molecule has 0 aromatic heterocycles. The van der Waals surface area contributed by atoms with Gasteiger partial charge in [0.05, 0.1) is 0 Å². The fourth-order valence-electron chi connectivity index (χ4n) is 2.45. The van der Waals surface area contributed by atoms with Crippen molar-refractivity contribution in [2.45, 2.75) is 38.5 Å². The maximum atomic E-state index is 11.3. The fraction of sp³-hybridized carbons (Fsp3) is 0.500. The Labute approximate surface area is 101 Å². The molecule has 1 aromatic rings. The van der Waals surface area contributed by atoms with Gasteiger partial charge in [0.15, 0.2) is 0 Å². The molecule has 1 aromatic carbocycles. The van der Waals surface area contributed by atoms with E-state index in [-0.39, 0.29) is 12.6 Å². The first kappa shape index (κ1) is 12.1. The molecule has 17 heavy (non-hydrogen) atoms.